The van der Waals surface area contributed by atoms with E-state index in [1.54, 1.807) is 12.1 Å². The largest absolute Gasteiger partial charge is 0.497 e. The van der Waals surface area contributed by atoms with Gasteiger partial charge in [-0.1, -0.05) is 6.07 Å². The highest BCUT2D eigenvalue weighted by atomic mass is 19.2. The number of benzene rings is 2. The van der Waals surface area contributed by atoms with Crippen molar-refractivity contribution in [1.82, 2.24) is 10.6 Å². The standard InChI is InChI=1S/C24H23F4N3O8/c1-11(29-23(36)24(37)30-12-4-3-5-13(8-12)38-2)22(35)31-16(6-7-18(33)34)17(32)10-39-21-19(27)14(25)9-15(26)20(21)28/h3-5,8-9,11,16H,6-7,10H2,1-2H3,(H,29,36)(H,30,37)(H,31,35)(H,33,34)/t11-,16-/m0/s1. The zero-order chi connectivity index (χ0) is 29.3. The number of hydrogen-bond donors (Lipinski definition) is 4. The molecule has 0 radical (unpaired) electrons. The number of carboxylic acid groups (broad SMARTS) is 1. The summed E-state index contributed by atoms with van der Waals surface area (Å²) in [6, 6.07) is 2.96. The maximum atomic E-state index is 13.8. The van der Waals surface area contributed by atoms with Crippen LogP contribution in [0, 0.1) is 23.3 Å². The fourth-order valence-corrected chi connectivity index (χ4v) is 3.02. The minimum absolute atomic E-state index is 0.0676. The Morgan fingerprint density at radius 1 is 0.949 bits per heavy atom. The predicted molar refractivity (Wildman–Crippen MR) is 125 cm³/mol. The fourth-order valence-electron chi connectivity index (χ4n) is 3.02. The number of amides is 3. The van der Waals surface area contributed by atoms with Crippen molar-refractivity contribution in [3.8, 4) is 11.5 Å². The molecule has 2 aromatic rings. The molecule has 4 N–H and O–H groups in total. The molecule has 0 bridgehead atoms. The van der Waals surface area contributed by atoms with Crippen molar-refractivity contribution < 1.29 is 56.1 Å². The van der Waals surface area contributed by atoms with Crippen LogP contribution in [-0.2, 0) is 24.0 Å². The average Bonchev–Trinajstić information content (AvgIpc) is 2.89. The highest BCUT2D eigenvalue weighted by Crippen LogP contribution is 2.26. The van der Waals surface area contributed by atoms with Gasteiger partial charge in [-0.2, -0.15) is 8.78 Å². The summed E-state index contributed by atoms with van der Waals surface area (Å²) in [4.78, 5) is 60.4. The number of ketones is 1. The molecule has 15 heteroatoms. The van der Waals surface area contributed by atoms with Gasteiger partial charge in [-0.15, -0.1) is 0 Å². The number of hydrogen-bond acceptors (Lipinski definition) is 7. The molecular weight excluding hydrogens is 534 g/mol. The topological polar surface area (TPSA) is 160 Å². The maximum absolute atomic E-state index is 13.8. The Labute approximate surface area is 218 Å². The summed E-state index contributed by atoms with van der Waals surface area (Å²) < 4.78 is 63.8. The van der Waals surface area contributed by atoms with Crippen molar-refractivity contribution in [2.75, 3.05) is 19.0 Å². The van der Waals surface area contributed by atoms with Crippen LogP contribution in [0.15, 0.2) is 30.3 Å². The molecule has 3 amide bonds. The van der Waals surface area contributed by atoms with Crippen molar-refractivity contribution in [2.24, 2.45) is 0 Å². The molecule has 2 atom stereocenters. The summed E-state index contributed by atoms with van der Waals surface area (Å²) in [5, 5.41) is 15.4. The van der Waals surface area contributed by atoms with Gasteiger partial charge >= 0.3 is 17.8 Å². The van der Waals surface area contributed by atoms with Crippen LogP contribution in [0.5, 0.6) is 11.5 Å². The number of aliphatic carboxylic acids is 1. The lowest BCUT2D eigenvalue weighted by Crippen LogP contribution is -2.52. The van der Waals surface area contributed by atoms with Crippen molar-refractivity contribution in [3.05, 3.63) is 53.6 Å². The third-order valence-electron chi connectivity index (χ3n) is 5.06. The Morgan fingerprint density at radius 3 is 2.18 bits per heavy atom. The first kappa shape index (κ1) is 30.5. The number of halogens is 4. The summed E-state index contributed by atoms with van der Waals surface area (Å²) in [7, 11) is 1.40. The SMILES string of the molecule is COc1cccc(NC(=O)C(=O)N[C@@H](C)C(=O)N[C@@H](CCC(=O)O)C(=O)COc2c(F)c(F)cc(F)c2F)c1. The maximum Gasteiger partial charge on any atom is 0.313 e. The molecule has 0 aliphatic heterocycles. The van der Waals surface area contributed by atoms with E-state index in [0.717, 1.165) is 6.92 Å². The number of methoxy groups -OCH3 is 1. The van der Waals surface area contributed by atoms with Gasteiger partial charge in [0.25, 0.3) is 0 Å². The number of carboxylic acids is 1. The first-order valence-electron chi connectivity index (χ1n) is 11.1. The lowest BCUT2D eigenvalue weighted by atomic mass is 10.1. The van der Waals surface area contributed by atoms with E-state index >= 15 is 0 Å². The molecule has 2 rings (SSSR count). The van der Waals surface area contributed by atoms with Crippen LogP contribution in [-0.4, -0.2) is 60.4 Å². The molecule has 0 fully saturated rings. The summed E-state index contributed by atoms with van der Waals surface area (Å²) in [5.41, 5.74) is 0.219. The van der Waals surface area contributed by atoms with E-state index in [9.17, 15) is 41.5 Å². The smallest absolute Gasteiger partial charge is 0.313 e. The van der Waals surface area contributed by atoms with E-state index in [0.29, 0.717) is 5.75 Å². The molecule has 0 spiro atoms. The van der Waals surface area contributed by atoms with Crippen LogP contribution in [0.3, 0.4) is 0 Å². The molecule has 0 aromatic heterocycles. The highest BCUT2D eigenvalue weighted by molar-refractivity contribution is 6.40. The fraction of sp³-hybridized carbons (Fsp3) is 0.292. The second-order valence-corrected chi connectivity index (χ2v) is 7.93. The third-order valence-corrected chi connectivity index (χ3v) is 5.06. The van der Waals surface area contributed by atoms with E-state index in [4.69, 9.17) is 9.84 Å². The van der Waals surface area contributed by atoms with Gasteiger partial charge in [0.1, 0.15) is 18.4 Å². The molecule has 0 aliphatic rings. The van der Waals surface area contributed by atoms with Crippen molar-refractivity contribution in [1.29, 1.82) is 0 Å². The first-order chi connectivity index (χ1) is 18.3. The number of anilines is 1. The van der Waals surface area contributed by atoms with E-state index in [2.05, 4.69) is 20.7 Å². The zero-order valence-electron chi connectivity index (χ0n) is 20.5. The van der Waals surface area contributed by atoms with E-state index in [-0.39, 0.29) is 11.8 Å². The van der Waals surface area contributed by atoms with E-state index in [1.807, 2.05) is 0 Å². The third kappa shape index (κ3) is 8.69. The molecule has 0 heterocycles. The lowest BCUT2D eigenvalue weighted by Gasteiger charge is -2.20. The van der Waals surface area contributed by atoms with Gasteiger partial charge in [0.15, 0.2) is 23.2 Å². The van der Waals surface area contributed by atoms with Crippen LogP contribution < -0.4 is 25.4 Å². The predicted octanol–water partition coefficient (Wildman–Crippen LogP) is 1.69. The average molecular weight is 557 g/mol. The Hall–Kier alpha value is -4.69. The molecule has 210 valence electrons. The van der Waals surface area contributed by atoms with Crippen LogP contribution >= 0.6 is 0 Å². The molecule has 0 saturated heterocycles. The Bertz CT molecular complexity index is 1250. The zero-order valence-corrected chi connectivity index (χ0v) is 20.5. The van der Waals surface area contributed by atoms with Crippen molar-refractivity contribution in [3.63, 3.8) is 0 Å². The molecular formula is C24H23F4N3O8. The van der Waals surface area contributed by atoms with Crippen LogP contribution in [0.4, 0.5) is 23.2 Å². The van der Waals surface area contributed by atoms with E-state index < -0.39 is 90.0 Å². The van der Waals surface area contributed by atoms with Crippen LogP contribution in [0.2, 0.25) is 0 Å². The van der Waals surface area contributed by atoms with Gasteiger partial charge in [-0.05, 0) is 25.5 Å². The lowest BCUT2D eigenvalue weighted by molar-refractivity contribution is -0.139. The van der Waals surface area contributed by atoms with Gasteiger partial charge < -0.3 is 30.5 Å². The first-order valence-corrected chi connectivity index (χ1v) is 11.1. The van der Waals surface area contributed by atoms with Gasteiger partial charge in [0.05, 0.1) is 13.2 Å². The van der Waals surface area contributed by atoms with Crippen molar-refractivity contribution in [2.45, 2.75) is 31.8 Å². The number of ether oxygens (including phenoxy) is 2. The van der Waals surface area contributed by atoms with Crippen LogP contribution in [0.1, 0.15) is 19.8 Å². The van der Waals surface area contributed by atoms with E-state index in [1.165, 1.54) is 19.2 Å². The van der Waals surface area contributed by atoms with Crippen molar-refractivity contribution >= 4 is 35.2 Å². The van der Waals surface area contributed by atoms with Gasteiger partial charge in [-0.3, -0.25) is 24.0 Å². The van der Waals surface area contributed by atoms with Gasteiger partial charge in [0, 0.05) is 24.2 Å². The number of carbonyl (C=O) groups excluding carboxylic acids is 4. The molecule has 0 saturated carbocycles. The minimum atomic E-state index is -1.91. The minimum Gasteiger partial charge on any atom is -0.497 e. The van der Waals surface area contributed by atoms with Gasteiger partial charge in [0.2, 0.25) is 17.5 Å². The second kappa shape index (κ2) is 13.7. The Morgan fingerprint density at radius 2 is 1.59 bits per heavy atom. The molecule has 0 unspecified atom stereocenters. The summed E-state index contributed by atoms with van der Waals surface area (Å²) >= 11 is 0. The summed E-state index contributed by atoms with van der Waals surface area (Å²) in [5.74, 6) is -14.4. The Balaban J connectivity index is 2.03. The summed E-state index contributed by atoms with van der Waals surface area (Å²) in [6.45, 7) is -0.0491. The number of rotatable bonds is 12. The van der Waals surface area contributed by atoms with Crippen LogP contribution in [0.25, 0.3) is 0 Å². The summed E-state index contributed by atoms with van der Waals surface area (Å²) in [6.07, 6.45) is -1.15. The van der Waals surface area contributed by atoms with Gasteiger partial charge in [-0.25, -0.2) is 8.78 Å². The number of carbonyl (C=O) groups is 5. The molecule has 2 aromatic carbocycles. The monoisotopic (exact) mass is 557 g/mol. The molecule has 39 heavy (non-hydrogen) atoms. The molecule has 11 nitrogen and oxygen atoms in total. The number of Topliss-reactive ketones (excluding diaryl/α,β-unsaturated/α-hetero) is 1. The molecule has 0 aliphatic carbocycles. The number of nitrogens with one attached hydrogen (secondary N) is 3. The Kier molecular flexibility index (Phi) is 10.8. The normalized spacial score (nSPS) is 12.1. The quantitative estimate of drug-likeness (QED) is 0.174. The highest BCUT2D eigenvalue weighted by Gasteiger charge is 2.28. The second-order valence-electron chi connectivity index (χ2n) is 7.93.